The van der Waals surface area contributed by atoms with Gasteiger partial charge in [0.25, 0.3) is 0 Å². The normalized spacial score (nSPS) is 19.6. The molecule has 4 N–H and O–H groups in total. The molecule has 0 aromatic rings. The maximum atomic E-state index is 9.29. The van der Waals surface area contributed by atoms with Gasteiger partial charge in [0.05, 0.1) is 26.2 Å². The van der Waals surface area contributed by atoms with Crippen LogP contribution in [-0.4, -0.2) is 55.5 Å². The Hall–Kier alpha value is 0.130. The molecule has 0 bridgehead atoms. The zero-order chi connectivity index (χ0) is 20.3. The third-order valence-electron chi connectivity index (χ3n) is 6.57. The van der Waals surface area contributed by atoms with Crippen molar-refractivity contribution in [3.05, 3.63) is 0 Å². The number of unbranched alkanes of at least 4 members (excludes halogenated alkanes) is 14. The minimum absolute atomic E-state index is 0. The van der Waals surface area contributed by atoms with E-state index in [9.17, 15) is 5.11 Å². The highest BCUT2D eigenvalue weighted by Crippen LogP contribution is 2.14. The number of quaternary nitrogens is 1. The zero-order valence-corrected chi connectivity index (χ0v) is 20.2. The number of halogens is 1. The lowest BCUT2D eigenvalue weighted by molar-refractivity contribution is -0.917. The summed E-state index contributed by atoms with van der Waals surface area (Å²) in [5, 5.41) is 9.29. The van der Waals surface area contributed by atoms with E-state index in [1.807, 2.05) is 0 Å². The molecular formula is C24H52ClN3O. The summed E-state index contributed by atoms with van der Waals surface area (Å²) in [6.45, 7) is 7.58. The van der Waals surface area contributed by atoms with Gasteiger partial charge in [0, 0.05) is 19.5 Å². The van der Waals surface area contributed by atoms with Gasteiger partial charge >= 0.3 is 0 Å². The highest BCUT2D eigenvalue weighted by molar-refractivity contribution is 4.68. The molecule has 0 spiro atoms. The fourth-order valence-corrected chi connectivity index (χ4v) is 4.84. The van der Waals surface area contributed by atoms with Gasteiger partial charge in [-0.3, -0.25) is 0 Å². The lowest BCUT2D eigenvalue weighted by Crippen LogP contribution is -3.15. The Morgan fingerprint density at radius 1 is 0.828 bits per heavy atom. The van der Waals surface area contributed by atoms with Gasteiger partial charge in [-0.15, -0.1) is 0 Å². The third-order valence-corrected chi connectivity index (χ3v) is 6.57. The summed E-state index contributed by atoms with van der Waals surface area (Å²) >= 11 is 0. The van der Waals surface area contributed by atoms with E-state index in [1.165, 1.54) is 109 Å². The number of β-amino-alcohol motifs (C(OH)–C–C–N with tert-alkyl or cyclic N) is 1. The summed E-state index contributed by atoms with van der Waals surface area (Å²) in [5.41, 5.74) is 5.79. The van der Waals surface area contributed by atoms with E-state index in [4.69, 9.17) is 5.73 Å². The van der Waals surface area contributed by atoms with Crippen molar-refractivity contribution in [2.75, 3.05) is 39.3 Å². The molecule has 2 atom stereocenters. The summed E-state index contributed by atoms with van der Waals surface area (Å²) in [7, 11) is 0. The number of nitrogens with zero attached hydrogens (tertiary/aromatic N) is 1. The quantitative estimate of drug-likeness (QED) is 0.248. The van der Waals surface area contributed by atoms with E-state index >= 15 is 0 Å². The number of nitrogens with two attached hydrogens (primary N) is 1. The number of hydrogen-bond acceptors (Lipinski definition) is 3. The molecule has 0 radical (unpaired) electrons. The van der Waals surface area contributed by atoms with Gasteiger partial charge in [-0.25, -0.2) is 4.90 Å². The first-order valence-corrected chi connectivity index (χ1v) is 12.7. The summed E-state index contributed by atoms with van der Waals surface area (Å²) in [4.78, 5) is 4.12. The number of nitrogens with one attached hydrogen (secondary N) is 1. The predicted octanol–water partition coefficient (Wildman–Crippen LogP) is 0.730. The SMILES string of the molecule is CCCCCCCCCCCCCCCCCC1N(CCO)CC[NH+]1CCN.[Cl-]. The molecule has 0 aromatic heterocycles. The number of aliphatic hydroxyl groups excluding tert-OH is 1. The highest BCUT2D eigenvalue weighted by atomic mass is 35.5. The molecule has 0 amide bonds. The van der Waals surface area contributed by atoms with Crippen molar-refractivity contribution < 1.29 is 22.4 Å². The van der Waals surface area contributed by atoms with Crippen LogP contribution in [0.2, 0.25) is 0 Å². The van der Waals surface area contributed by atoms with Crippen LogP contribution in [0.15, 0.2) is 0 Å². The third kappa shape index (κ3) is 14.7. The fraction of sp³-hybridized carbons (Fsp3) is 1.00. The van der Waals surface area contributed by atoms with Crippen molar-refractivity contribution in [3.63, 3.8) is 0 Å². The molecule has 0 aromatic carbocycles. The van der Waals surface area contributed by atoms with E-state index in [-0.39, 0.29) is 19.0 Å². The molecule has 29 heavy (non-hydrogen) atoms. The van der Waals surface area contributed by atoms with E-state index in [1.54, 1.807) is 4.90 Å². The molecule has 0 saturated carbocycles. The maximum absolute atomic E-state index is 9.29. The fourth-order valence-electron chi connectivity index (χ4n) is 4.84. The Bertz CT molecular complexity index is 319. The Balaban J connectivity index is 0.00000784. The molecule has 0 aliphatic carbocycles. The summed E-state index contributed by atoms with van der Waals surface area (Å²) in [6, 6.07) is 0. The molecule has 1 saturated heterocycles. The predicted molar refractivity (Wildman–Crippen MR) is 122 cm³/mol. The topological polar surface area (TPSA) is 53.9 Å². The van der Waals surface area contributed by atoms with E-state index in [2.05, 4.69) is 11.8 Å². The first kappa shape index (κ1) is 29.1. The lowest BCUT2D eigenvalue weighted by Gasteiger charge is -2.26. The maximum Gasteiger partial charge on any atom is 0.144 e. The van der Waals surface area contributed by atoms with Crippen LogP contribution in [0.4, 0.5) is 0 Å². The molecule has 5 heteroatoms. The minimum atomic E-state index is 0. The van der Waals surface area contributed by atoms with Crippen LogP contribution in [0.5, 0.6) is 0 Å². The molecule has 4 nitrogen and oxygen atoms in total. The van der Waals surface area contributed by atoms with E-state index in [0.717, 1.165) is 26.2 Å². The average Bonchev–Trinajstić information content (AvgIpc) is 3.07. The second-order valence-corrected chi connectivity index (χ2v) is 8.96. The number of aliphatic hydroxyl groups is 1. The monoisotopic (exact) mass is 433 g/mol. The summed E-state index contributed by atoms with van der Waals surface area (Å²) in [5.74, 6) is 0. The largest absolute Gasteiger partial charge is 1.00 e. The lowest BCUT2D eigenvalue weighted by atomic mass is 10.0. The van der Waals surface area contributed by atoms with Crippen molar-refractivity contribution in [1.29, 1.82) is 0 Å². The van der Waals surface area contributed by atoms with Gasteiger partial charge in [-0.2, -0.15) is 0 Å². The molecular weight excluding hydrogens is 382 g/mol. The van der Waals surface area contributed by atoms with Crippen LogP contribution in [-0.2, 0) is 0 Å². The van der Waals surface area contributed by atoms with Crippen LogP contribution in [0.3, 0.4) is 0 Å². The second kappa shape index (κ2) is 21.4. The highest BCUT2D eigenvalue weighted by Gasteiger charge is 2.33. The molecule has 176 valence electrons. The first-order chi connectivity index (χ1) is 13.8. The molecule has 2 unspecified atom stereocenters. The Morgan fingerprint density at radius 2 is 1.31 bits per heavy atom. The minimum Gasteiger partial charge on any atom is -1.00 e. The van der Waals surface area contributed by atoms with Crippen LogP contribution in [0.1, 0.15) is 110 Å². The van der Waals surface area contributed by atoms with Crippen molar-refractivity contribution in [2.24, 2.45) is 5.73 Å². The van der Waals surface area contributed by atoms with Gasteiger partial charge in [-0.1, -0.05) is 96.8 Å². The van der Waals surface area contributed by atoms with Gasteiger partial charge < -0.3 is 28.1 Å². The zero-order valence-electron chi connectivity index (χ0n) is 19.5. The van der Waals surface area contributed by atoms with Crippen molar-refractivity contribution in [1.82, 2.24) is 4.90 Å². The molecule has 1 fully saturated rings. The molecule has 1 aliphatic heterocycles. The second-order valence-electron chi connectivity index (χ2n) is 8.96. The van der Waals surface area contributed by atoms with Crippen LogP contribution in [0, 0.1) is 0 Å². The average molecular weight is 434 g/mol. The van der Waals surface area contributed by atoms with E-state index < -0.39 is 0 Å². The molecule has 1 heterocycles. The number of rotatable bonds is 20. The Kier molecular flexibility index (Phi) is 21.5. The summed E-state index contributed by atoms with van der Waals surface area (Å²) < 4.78 is 0. The van der Waals surface area contributed by atoms with Crippen LogP contribution >= 0.6 is 0 Å². The molecule has 1 aliphatic rings. The van der Waals surface area contributed by atoms with Crippen molar-refractivity contribution >= 4 is 0 Å². The van der Waals surface area contributed by atoms with Gasteiger partial charge in [0.2, 0.25) is 0 Å². The Morgan fingerprint density at radius 3 is 1.76 bits per heavy atom. The van der Waals surface area contributed by atoms with Crippen molar-refractivity contribution in [2.45, 2.75) is 116 Å². The smallest absolute Gasteiger partial charge is 0.144 e. The number of hydrogen-bond donors (Lipinski definition) is 3. The Labute approximate surface area is 188 Å². The van der Waals surface area contributed by atoms with Crippen molar-refractivity contribution in [3.8, 4) is 0 Å². The first-order valence-electron chi connectivity index (χ1n) is 12.7. The van der Waals surface area contributed by atoms with E-state index in [0.29, 0.717) is 6.17 Å². The van der Waals surface area contributed by atoms with Crippen LogP contribution in [0.25, 0.3) is 0 Å². The van der Waals surface area contributed by atoms with Crippen LogP contribution < -0.4 is 23.0 Å². The van der Waals surface area contributed by atoms with Gasteiger partial charge in [0.15, 0.2) is 0 Å². The summed E-state index contributed by atoms with van der Waals surface area (Å²) in [6.07, 6.45) is 23.2. The van der Waals surface area contributed by atoms with Gasteiger partial charge in [0.1, 0.15) is 6.17 Å². The molecule has 1 rings (SSSR count). The standard InChI is InChI=1S/C24H51N3O.ClH/c1-2-3-4-5-6-7-8-9-10-11-12-13-14-15-16-17-24-26(19-18-25)20-21-27(24)22-23-28;/h24,28H,2-23,25H2,1H3;1H. The van der Waals surface area contributed by atoms with Gasteiger partial charge in [-0.05, 0) is 6.42 Å².